The van der Waals surface area contributed by atoms with E-state index >= 15 is 0 Å². The minimum Gasteiger partial charge on any atom is -0.505 e. The number of aromatic nitrogens is 1. The maximum absolute atomic E-state index is 14.1. The van der Waals surface area contributed by atoms with E-state index in [9.17, 15) is 19.1 Å². The molecule has 7 nitrogen and oxygen atoms in total. The van der Waals surface area contributed by atoms with Gasteiger partial charge in [0.15, 0.2) is 28.8 Å². The lowest BCUT2D eigenvalue weighted by Gasteiger charge is -2.11. The van der Waals surface area contributed by atoms with Gasteiger partial charge in [-0.3, -0.25) is 9.59 Å². The first-order valence-electron chi connectivity index (χ1n) is 10.8. The number of ether oxygens (including phenoxy) is 2. The third-order valence-electron chi connectivity index (χ3n) is 5.44. The van der Waals surface area contributed by atoms with Crippen LogP contribution in [0.2, 0.25) is 0 Å². The smallest absolute Gasteiger partial charge is 0.185 e. The van der Waals surface area contributed by atoms with Gasteiger partial charge in [-0.05, 0) is 30.3 Å². The van der Waals surface area contributed by atoms with Crippen LogP contribution in [0.5, 0.6) is 17.2 Å². The van der Waals surface area contributed by atoms with E-state index in [1.807, 2.05) is 0 Å². The largest absolute Gasteiger partial charge is 0.505 e. The van der Waals surface area contributed by atoms with Gasteiger partial charge in [-0.2, -0.15) is 0 Å². The lowest BCUT2D eigenvalue weighted by atomic mass is 10.00. The number of carbonyl (C=O) groups excluding carboxylic acids is 2. The Labute approximate surface area is 204 Å². The molecule has 2 N–H and O–H groups in total. The van der Waals surface area contributed by atoms with Crippen LogP contribution in [0.3, 0.4) is 0 Å². The van der Waals surface area contributed by atoms with Crippen LogP contribution in [0.25, 0.3) is 21.2 Å². The molecule has 0 radical (unpaired) electrons. The van der Waals surface area contributed by atoms with E-state index in [2.05, 4.69) is 4.98 Å². The van der Waals surface area contributed by atoms with Crippen LogP contribution in [-0.2, 0) is 0 Å². The number of halogens is 1. The molecular formula is C26H22FNO6S. The standard InChI is InChI=1S/C26H22FNO6S/c1-33-23-13-15(5-8-22(23)34-12-11-29)20(30)6-7-21(31)24-25(32)16(9-10-28-24)18-14-35-26-17(18)3-2-4-19(26)27/h2-5,8-10,13-14,29,32H,6-7,11-12H2,1H3. The van der Waals surface area contributed by atoms with Gasteiger partial charge in [0.25, 0.3) is 0 Å². The van der Waals surface area contributed by atoms with E-state index in [1.165, 1.54) is 36.8 Å². The molecule has 2 aromatic carbocycles. The number of aliphatic hydroxyl groups is 1. The van der Waals surface area contributed by atoms with Crippen molar-refractivity contribution >= 4 is 33.0 Å². The monoisotopic (exact) mass is 495 g/mol. The Morgan fingerprint density at radius 1 is 1.06 bits per heavy atom. The summed E-state index contributed by atoms with van der Waals surface area (Å²) < 4.78 is 25.1. The third-order valence-corrected chi connectivity index (χ3v) is 6.45. The molecule has 9 heteroatoms. The zero-order valence-electron chi connectivity index (χ0n) is 18.8. The van der Waals surface area contributed by atoms with Gasteiger partial charge in [-0.1, -0.05) is 12.1 Å². The van der Waals surface area contributed by atoms with Crippen LogP contribution in [0, 0.1) is 5.82 Å². The molecule has 35 heavy (non-hydrogen) atoms. The van der Waals surface area contributed by atoms with Gasteiger partial charge < -0.3 is 19.7 Å². The Kier molecular flexibility index (Phi) is 7.38. The van der Waals surface area contributed by atoms with E-state index in [1.54, 1.807) is 35.7 Å². The number of thiophene rings is 1. The highest BCUT2D eigenvalue weighted by atomic mass is 32.1. The number of carbonyl (C=O) groups is 2. The maximum atomic E-state index is 14.1. The van der Waals surface area contributed by atoms with Crippen LogP contribution in [-0.4, -0.2) is 47.1 Å². The lowest BCUT2D eigenvalue weighted by Crippen LogP contribution is -2.08. The van der Waals surface area contributed by atoms with Crippen molar-refractivity contribution < 1.29 is 33.7 Å². The molecule has 0 spiro atoms. The highest BCUT2D eigenvalue weighted by molar-refractivity contribution is 7.17. The molecule has 0 saturated heterocycles. The number of methoxy groups -OCH3 is 1. The molecule has 0 unspecified atom stereocenters. The molecule has 0 amide bonds. The third kappa shape index (κ3) is 5.01. The molecule has 180 valence electrons. The number of nitrogens with zero attached hydrogens (tertiary/aromatic N) is 1. The maximum Gasteiger partial charge on any atom is 0.185 e. The fraction of sp³-hybridized carbons (Fsp3) is 0.192. The molecule has 2 aromatic heterocycles. The van der Waals surface area contributed by atoms with Crippen molar-refractivity contribution in [3.63, 3.8) is 0 Å². The van der Waals surface area contributed by atoms with Crippen molar-refractivity contribution in [1.82, 2.24) is 4.98 Å². The van der Waals surface area contributed by atoms with Gasteiger partial charge in [0.05, 0.1) is 18.4 Å². The molecule has 4 rings (SSSR count). The summed E-state index contributed by atoms with van der Waals surface area (Å²) in [5, 5.41) is 22.1. The van der Waals surface area contributed by atoms with Gasteiger partial charge in [0, 0.05) is 46.5 Å². The second kappa shape index (κ2) is 10.6. The SMILES string of the molecule is COc1cc(C(=O)CCC(=O)c2nccc(-c3csc4c(F)cccc34)c2O)ccc1OCCO. The van der Waals surface area contributed by atoms with Gasteiger partial charge in [0.1, 0.15) is 18.1 Å². The molecule has 2 heterocycles. The van der Waals surface area contributed by atoms with E-state index in [-0.39, 0.29) is 49.1 Å². The first kappa shape index (κ1) is 24.3. The van der Waals surface area contributed by atoms with E-state index in [0.717, 1.165) is 0 Å². The van der Waals surface area contributed by atoms with Gasteiger partial charge in [-0.15, -0.1) is 11.3 Å². The molecule has 0 saturated carbocycles. The summed E-state index contributed by atoms with van der Waals surface area (Å²) in [4.78, 5) is 29.5. The van der Waals surface area contributed by atoms with Crippen LogP contribution in [0.15, 0.2) is 54.0 Å². The molecule has 0 aliphatic heterocycles. The summed E-state index contributed by atoms with van der Waals surface area (Å²) in [7, 11) is 1.44. The lowest BCUT2D eigenvalue weighted by molar-refractivity contribution is 0.0913. The average Bonchev–Trinajstić information content (AvgIpc) is 3.31. The van der Waals surface area contributed by atoms with Gasteiger partial charge >= 0.3 is 0 Å². The zero-order valence-corrected chi connectivity index (χ0v) is 19.6. The molecule has 0 atom stereocenters. The van der Waals surface area contributed by atoms with Crippen molar-refractivity contribution in [1.29, 1.82) is 0 Å². The number of rotatable bonds is 10. The first-order chi connectivity index (χ1) is 16.9. The number of pyridine rings is 1. The van der Waals surface area contributed by atoms with E-state index < -0.39 is 5.78 Å². The number of aromatic hydroxyl groups is 1. The van der Waals surface area contributed by atoms with Gasteiger partial charge in [-0.25, -0.2) is 9.37 Å². The minimum absolute atomic E-state index is 0.0871. The summed E-state index contributed by atoms with van der Waals surface area (Å²) in [6.45, 7) is -0.0720. The summed E-state index contributed by atoms with van der Waals surface area (Å²) in [5.74, 6) is -0.714. The number of ketones is 2. The van der Waals surface area contributed by atoms with E-state index in [0.29, 0.717) is 38.3 Å². The zero-order chi connectivity index (χ0) is 24.9. The van der Waals surface area contributed by atoms with Crippen molar-refractivity contribution in [3.8, 4) is 28.4 Å². The number of fused-ring (bicyclic) bond motifs is 1. The Balaban J connectivity index is 1.51. The number of aliphatic hydroxyl groups excluding tert-OH is 1. The Hall–Kier alpha value is -3.82. The molecule has 0 fully saturated rings. The molecular weight excluding hydrogens is 473 g/mol. The van der Waals surface area contributed by atoms with Crippen molar-refractivity contribution in [2.24, 2.45) is 0 Å². The van der Waals surface area contributed by atoms with E-state index in [4.69, 9.17) is 14.6 Å². The van der Waals surface area contributed by atoms with Crippen LogP contribution in [0.4, 0.5) is 4.39 Å². The molecule has 0 aliphatic carbocycles. The van der Waals surface area contributed by atoms with Crippen LogP contribution in [0.1, 0.15) is 33.7 Å². The fourth-order valence-electron chi connectivity index (χ4n) is 3.71. The highest BCUT2D eigenvalue weighted by Crippen LogP contribution is 2.40. The second-order valence-corrected chi connectivity index (χ2v) is 8.49. The van der Waals surface area contributed by atoms with Crippen LogP contribution < -0.4 is 9.47 Å². The van der Waals surface area contributed by atoms with Crippen molar-refractivity contribution in [3.05, 3.63) is 71.1 Å². The second-order valence-electron chi connectivity index (χ2n) is 7.61. The number of Topliss-reactive ketones (excluding diaryl/α,β-unsaturated/α-hetero) is 2. The number of hydrogen-bond donors (Lipinski definition) is 2. The first-order valence-corrected chi connectivity index (χ1v) is 11.6. The highest BCUT2D eigenvalue weighted by Gasteiger charge is 2.21. The predicted octanol–water partition coefficient (Wildman–Crippen LogP) is 5.03. The Morgan fingerprint density at radius 3 is 2.63 bits per heavy atom. The summed E-state index contributed by atoms with van der Waals surface area (Å²) in [6, 6.07) is 10.9. The minimum atomic E-state index is -0.488. The van der Waals surface area contributed by atoms with Crippen molar-refractivity contribution in [2.45, 2.75) is 12.8 Å². The molecule has 0 aliphatic rings. The Morgan fingerprint density at radius 2 is 1.86 bits per heavy atom. The molecule has 0 bridgehead atoms. The van der Waals surface area contributed by atoms with Crippen molar-refractivity contribution in [2.75, 3.05) is 20.3 Å². The number of hydrogen-bond acceptors (Lipinski definition) is 8. The summed E-state index contributed by atoms with van der Waals surface area (Å²) in [6.07, 6.45) is 1.15. The summed E-state index contributed by atoms with van der Waals surface area (Å²) in [5.41, 5.74) is 1.17. The van der Waals surface area contributed by atoms with Crippen LogP contribution >= 0.6 is 11.3 Å². The fourth-order valence-corrected chi connectivity index (χ4v) is 4.69. The topological polar surface area (TPSA) is 106 Å². The summed E-state index contributed by atoms with van der Waals surface area (Å²) >= 11 is 1.21. The van der Waals surface area contributed by atoms with Gasteiger partial charge in [0.2, 0.25) is 0 Å². The number of benzene rings is 2. The molecule has 4 aromatic rings. The normalized spacial score (nSPS) is 10.9. The average molecular weight is 496 g/mol. The Bertz CT molecular complexity index is 1400. The quantitative estimate of drug-likeness (QED) is 0.297. The predicted molar refractivity (Wildman–Crippen MR) is 130 cm³/mol.